The van der Waals surface area contributed by atoms with Crippen molar-refractivity contribution in [3.63, 3.8) is 0 Å². The van der Waals surface area contributed by atoms with Crippen molar-refractivity contribution in [2.45, 2.75) is 88.6 Å². The Morgan fingerprint density at radius 3 is 2.54 bits per heavy atom. The molecule has 0 radical (unpaired) electrons. The van der Waals surface area contributed by atoms with E-state index in [1.807, 2.05) is 25.7 Å². The summed E-state index contributed by atoms with van der Waals surface area (Å²) in [7, 11) is 0. The number of benzene rings is 3. The van der Waals surface area contributed by atoms with E-state index in [0.29, 0.717) is 24.3 Å². The number of carbonyl (C=O) groups excluding carboxylic acids is 1. The molecule has 8 rings (SSSR count). The molecule has 0 spiro atoms. The molecule has 4 atom stereocenters. The van der Waals surface area contributed by atoms with E-state index in [-0.39, 0.29) is 82.0 Å². The van der Waals surface area contributed by atoms with Gasteiger partial charge in [0, 0.05) is 29.9 Å². The third-order valence-corrected chi connectivity index (χ3v) is 11.4. The van der Waals surface area contributed by atoms with Crippen molar-refractivity contribution in [1.29, 1.82) is 0 Å². The van der Waals surface area contributed by atoms with Crippen LogP contribution in [0.2, 0.25) is 0 Å². The molecular weight excluding hydrogens is 671 g/mol. The molecule has 4 saturated heterocycles. The van der Waals surface area contributed by atoms with Gasteiger partial charge in [-0.1, -0.05) is 30.2 Å². The highest BCUT2D eigenvalue weighted by molar-refractivity contribution is 6.03. The molecule has 9 nitrogen and oxygen atoms in total. The topological polar surface area (TPSA) is 91.3 Å². The number of aliphatic hydroxyl groups excluding tert-OH is 1. The number of rotatable bonds is 6. The summed E-state index contributed by atoms with van der Waals surface area (Å²) < 4.78 is 60.6. The number of amides is 1. The Balaban J connectivity index is 1.24. The maximum atomic E-state index is 17.1. The van der Waals surface area contributed by atoms with Gasteiger partial charge in [0.25, 0.3) is 0 Å². The third kappa shape index (κ3) is 5.69. The van der Waals surface area contributed by atoms with Gasteiger partial charge < -0.3 is 19.5 Å². The fourth-order valence-electron chi connectivity index (χ4n) is 9.11. The molecule has 272 valence electrons. The summed E-state index contributed by atoms with van der Waals surface area (Å²) in [6.07, 6.45) is 10.4. The van der Waals surface area contributed by atoms with Crippen molar-refractivity contribution >= 4 is 33.6 Å². The Kier molecular flexibility index (Phi) is 8.50. The lowest BCUT2D eigenvalue weighted by Crippen LogP contribution is -2.57. The lowest BCUT2D eigenvalue weighted by molar-refractivity contribution is 0.0122. The van der Waals surface area contributed by atoms with Gasteiger partial charge in [0.1, 0.15) is 35.2 Å². The first-order valence-corrected chi connectivity index (χ1v) is 18.1. The van der Waals surface area contributed by atoms with Gasteiger partial charge in [-0.05, 0) is 88.9 Å². The Morgan fingerprint density at radius 2 is 1.83 bits per heavy atom. The van der Waals surface area contributed by atoms with Gasteiger partial charge in [0.05, 0.1) is 35.4 Å². The van der Waals surface area contributed by atoms with Crippen LogP contribution < -0.4 is 9.64 Å². The summed E-state index contributed by atoms with van der Waals surface area (Å²) in [6, 6.07) is 8.49. The number of hydrogen-bond donors (Lipinski definition) is 1. The molecule has 12 heteroatoms. The number of terminal acetylenes is 1. The molecule has 4 aromatic rings. The number of hydrogen-bond acceptors (Lipinski definition) is 8. The highest BCUT2D eigenvalue weighted by Crippen LogP contribution is 2.44. The number of carbonyl (C=O) groups is 1. The fraction of sp³-hybridized carbons (Fsp3) is 0.475. The van der Waals surface area contributed by atoms with Crippen molar-refractivity contribution in [2.75, 3.05) is 37.7 Å². The number of anilines is 1. The molecule has 1 amide bonds. The van der Waals surface area contributed by atoms with E-state index < -0.39 is 23.1 Å². The van der Waals surface area contributed by atoms with Crippen LogP contribution in [0.5, 0.6) is 6.01 Å². The van der Waals surface area contributed by atoms with Gasteiger partial charge in [0.15, 0.2) is 5.82 Å². The largest absolute Gasteiger partial charge is 0.461 e. The van der Waals surface area contributed by atoms with E-state index in [1.165, 1.54) is 24.3 Å². The second-order valence-electron chi connectivity index (χ2n) is 15.6. The SMILES string of the molecule is C#Cc1c(F)ccc2cccc(-c3c(F)cc4c(N5C[C@H]6CC[C@@H](C5)N6C(=O)OC(C)(C)C)nc(OC[C@@]56CCCN5[C@H](CO)CC6)nc4c3F)c12. The highest BCUT2D eigenvalue weighted by Gasteiger charge is 2.50. The van der Waals surface area contributed by atoms with Crippen molar-refractivity contribution in [1.82, 2.24) is 19.8 Å². The van der Waals surface area contributed by atoms with Gasteiger partial charge in [-0.2, -0.15) is 9.97 Å². The van der Waals surface area contributed by atoms with Crippen LogP contribution in [0.4, 0.5) is 23.8 Å². The zero-order chi connectivity index (χ0) is 36.5. The van der Waals surface area contributed by atoms with Crippen LogP contribution in [-0.4, -0.2) is 93.1 Å². The van der Waals surface area contributed by atoms with Crippen LogP contribution in [-0.2, 0) is 4.74 Å². The second-order valence-corrected chi connectivity index (χ2v) is 15.6. The van der Waals surface area contributed by atoms with Crippen LogP contribution in [0.25, 0.3) is 32.8 Å². The molecule has 4 aliphatic rings. The van der Waals surface area contributed by atoms with Crippen molar-refractivity contribution in [3.8, 4) is 29.5 Å². The quantitative estimate of drug-likeness (QED) is 0.218. The number of aromatic nitrogens is 2. The van der Waals surface area contributed by atoms with Gasteiger partial charge in [-0.25, -0.2) is 18.0 Å². The minimum atomic E-state index is -0.944. The van der Waals surface area contributed by atoms with Gasteiger partial charge in [-0.3, -0.25) is 9.80 Å². The predicted octanol–water partition coefficient (Wildman–Crippen LogP) is 6.80. The molecule has 2 bridgehead atoms. The number of halogens is 3. The van der Waals surface area contributed by atoms with E-state index in [9.17, 15) is 14.3 Å². The van der Waals surface area contributed by atoms with Gasteiger partial charge in [-0.15, -0.1) is 6.42 Å². The predicted molar refractivity (Wildman–Crippen MR) is 192 cm³/mol. The summed E-state index contributed by atoms with van der Waals surface area (Å²) in [4.78, 5) is 28.7. The standard InChI is InChI=1S/C40H42F3N5O4/c1-5-27-30(41)13-10-23-8-6-9-28(32(23)27)33-31(42)18-29-35(34(33)43)44-37(51-22-40-15-7-17-47(40)26(21-49)14-16-40)45-36(29)46-19-24-11-12-25(20-46)48(24)38(50)52-39(2,3)4/h1,6,8-10,13,18,24-26,49H,7,11-12,14-17,19-22H2,2-4H3/t24-,25+,26-,40-/m0/s1. The maximum Gasteiger partial charge on any atom is 0.410 e. The monoisotopic (exact) mass is 713 g/mol. The molecule has 5 heterocycles. The molecule has 52 heavy (non-hydrogen) atoms. The van der Waals surface area contributed by atoms with Crippen LogP contribution in [0.15, 0.2) is 36.4 Å². The van der Waals surface area contributed by atoms with E-state index >= 15 is 8.78 Å². The molecule has 1 N–H and O–H groups in total. The molecule has 0 saturated carbocycles. The Morgan fingerprint density at radius 1 is 1.06 bits per heavy atom. The number of aliphatic hydroxyl groups is 1. The number of nitrogens with zero attached hydrogens (tertiary/aromatic N) is 5. The molecular formula is C40H42F3N5O4. The molecule has 4 aliphatic heterocycles. The van der Waals surface area contributed by atoms with E-state index in [4.69, 9.17) is 20.9 Å². The van der Waals surface area contributed by atoms with Crippen molar-refractivity contribution < 1.29 is 32.5 Å². The van der Waals surface area contributed by atoms with Crippen LogP contribution >= 0.6 is 0 Å². The number of fused-ring (bicyclic) bond motifs is 5. The van der Waals surface area contributed by atoms with E-state index in [0.717, 1.165) is 45.1 Å². The minimum Gasteiger partial charge on any atom is -0.461 e. The zero-order valence-electron chi connectivity index (χ0n) is 29.6. The molecule has 4 fully saturated rings. The molecule has 1 aromatic heterocycles. The normalized spacial score (nSPS) is 24.5. The first kappa shape index (κ1) is 34.5. The minimum absolute atomic E-state index is 0.0529. The smallest absolute Gasteiger partial charge is 0.410 e. The van der Waals surface area contributed by atoms with Crippen molar-refractivity contribution in [2.24, 2.45) is 0 Å². The highest BCUT2D eigenvalue weighted by atomic mass is 19.1. The van der Waals surface area contributed by atoms with Gasteiger partial charge in [0.2, 0.25) is 0 Å². The third-order valence-electron chi connectivity index (χ3n) is 11.4. The summed E-state index contributed by atoms with van der Waals surface area (Å²) >= 11 is 0. The molecule has 3 aromatic carbocycles. The Labute approximate surface area is 300 Å². The first-order valence-electron chi connectivity index (χ1n) is 18.1. The first-order chi connectivity index (χ1) is 24.9. The summed E-state index contributed by atoms with van der Waals surface area (Å²) in [6.45, 7) is 7.40. The van der Waals surface area contributed by atoms with Crippen molar-refractivity contribution in [3.05, 3.63) is 59.4 Å². The lowest BCUT2D eigenvalue weighted by atomic mass is 9.93. The second kappa shape index (κ2) is 12.8. The summed E-state index contributed by atoms with van der Waals surface area (Å²) in [5, 5.41) is 10.9. The summed E-state index contributed by atoms with van der Waals surface area (Å²) in [5.74, 6) is 0.182. The Hall–Kier alpha value is -4.60. The summed E-state index contributed by atoms with van der Waals surface area (Å²) in [5.41, 5.74) is -1.46. The zero-order valence-corrected chi connectivity index (χ0v) is 29.6. The van der Waals surface area contributed by atoms with E-state index in [2.05, 4.69) is 15.8 Å². The van der Waals surface area contributed by atoms with Crippen LogP contribution in [0.1, 0.15) is 64.9 Å². The van der Waals surface area contributed by atoms with Crippen LogP contribution in [0.3, 0.4) is 0 Å². The fourth-order valence-corrected chi connectivity index (χ4v) is 9.11. The maximum absolute atomic E-state index is 17.1. The van der Waals surface area contributed by atoms with Gasteiger partial charge >= 0.3 is 12.1 Å². The van der Waals surface area contributed by atoms with E-state index in [1.54, 1.807) is 17.0 Å². The molecule has 0 unspecified atom stereocenters. The lowest BCUT2D eigenvalue weighted by Gasteiger charge is -2.42. The Bertz CT molecular complexity index is 2120. The average molecular weight is 714 g/mol. The number of ether oxygens (including phenoxy) is 2. The average Bonchev–Trinajstić information content (AvgIpc) is 3.76. The number of piperazine rings is 1. The molecule has 0 aliphatic carbocycles. The van der Waals surface area contributed by atoms with Crippen LogP contribution in [0, 0.1) is 29.8 Å².